The van der Waals surface area contributed by atoms with E-state index in [4.69, 9.17) is 17.3 Å². The van der Waals surface area contributed by atoms with Crippen molar-refractivity contribution in [2.75, 3.05) is 5.73 Å². The van der Waals surface area contributed by atoms with Crippen LogP contribution in [0, 0.1) is 5.82 Å². The average Bonchev–Trinajstić information content (AvgIpc) is 2.32. The summed E-state index contributed by atoms with van der Waals surface area (Å²) >= 11 is 5.62. The van der Waals surface area contributed by atoms with Crippen molar-refractivity contribution in [2.24, 2.45) is 0 Å². The van der Waals surface area contributed by atoms with E-state index < -0.39 is 16.9 Å². The zero-order chi connectivity index (χ0) is 12.6. The first-order chi connectivity index (χ1) is 8.00. The third kappa shape index (κ3) is 1.94. The van der Waals surface area contributed by atoms with Crippen LogP contribution in [0.4, 0.5) is 10.1 Å². The van der Waals surface area contributed by atoms with Crippen molar-refractivity contribution in [1.82, 2.24) is 9.78 Å². The molecule has 1 heterocycles. The number of H-pyrrole nitrogens is 1. The Hall–Kier alpha value is -2.08. The number of nitrogens with one attached hydrogen (secondary N) is 1. The van der Waals surface area contributed by atoms with Crippen molar-refractivity contribution in [2.45, 2.75) is 0 Å². The smallest absolute Gasteiger partial charge is 0.290 e. The molecule has 3 N–H and O–H groups in total. The van der Waals surface area contributed by atoms with Gasteiger partial charge in [-0.05, 0) is 24.3 Å². The molecule has 7 heteroatoms. The molecule has 0 atom stereocenters. The normalized spacial score (nSPS) is 10.5. The number of aromatic nitrogens is 2. The van der Waals surface area contributed by atoms with Crippen LogP contribution in [0.3, 0.4) is 0 Å². The van der Waals surface area contributed by atoms with Gasteiger partial charge in [0.1, 0.15) is 16.5 Å². The summed E-state index contributed by atoms with van der Waals surface area (Å²) in [6.45, 7) is 0. The van der Waals surface area contributed by atoms with E-state index in [-0.39, 0.29) is 16.4 Å². The number of hydrogen-bond donors (Lipinski definition) is 2. The first kappa shape index (κ1) is 11.4. The first-order valence-electron chi connectivity index (χ1n) is 4.57. The molecule has 0 bridgehead atoms. The third-order valence-electron chi connectivity index (χ3n) is 2.17. The summed E-state index contributed by atoms with van der Waals surface area (Å²) in [5.74, 6) is -0.453. The van der Waals surface area contributed by atoms with Crippen LogP contribution in [0.1, 0.15) is 0 Å². The van der Waals surface area contributed by atoms with E-state index >= 15 is 0 Å². The van der Waals surface area contributed by atoms with Gasteiger partial charge in [0.05, 0.1) is 5.69 Å². The number of benzene rings is 1. The Kier molecular flexibility index (Phi) is 2.72. The van der Waals surface area contributed by atoms with Crippen molar-refractivity contribution in [1.29, 1.82) is 0 Å². The molecule has 0 amide bonds. The molecule has 0 unspecified atom stereocenters. The maximum atomic E-state index is 12.7. The van der Waals surface area contributed by atoms with E-state index in [0.29, 0.717) is 0 Å². The van der Waals surface area contributed by atoms with E-state index in [1.807, 2.05) is 0 Å². The van der Waals surface area contributed by atoms with Gasteiger partial charge < -0.3 is 5.73 Å². The molecule has 2 rings (SSSR count). The number of nitrogen functional groups attached to an aromatic ring is 1. The molecular weight excluding hydrogens is 249 g/mol. The van der Waals surface area contributed by atoms with Crippen LogP contribution in [0.15, 0.2) is 33.9 Å². The van der Waals surface area contributed by atoms with Gasteiger partial charge in [0.25, 0.3) is 11.1 Å². The van der Waals surface area contributed by atoms with Crippen molar-refractivity contribution in [3.63, 3.8) is 0 Å². The summed E-state index contributed by atoms with van der Waals surface area (Å²) in [6.07, 6.45) is 0. The molecule has 0 spiro atoms. The van der Waals surface area contributed by atoms with Gasteiger partial charge in [-0.25, -0.2) is 9.07 Å². The highest BCUT2D eigenvalue weighted by molar-refractivity contribution is 6.32. The molecular formula is C10H7ClFN3O2. The van der Waals surface area contributed by atoms with Crippen LogP contribution < -0.4 is 16.9 Å². The molecule has 5 nitrogen and oxygen atoms in total. The van der Waals surface area contributed by atoms with Crippen LogP contribution >= 0.6 is 11.6 Å². The Labute approximate surface area is 99.2 Å². The molecule has 17 heavy (non-hydrogen) atoms. The van der Waals surface area contributed by atoms with Crippen LogP contribution in [-0.2, 0) is 0 Å². The van der Waals surface area contributed by atoms with E-state index in [9.17, 15) is 14.0 Å². The number of nitrogens with zero attached hydrogens (tertiary/aromatic N) is 1. The largest absolute Gasteiger partial charge is 0.393 e. The Bertz CT molecular complexity index is 675. The molecule has 0 radical (unpaired) electrons. The van der Waals surface area contributed by atoms with E-state index in [2.05, 4.69) is 5.10 Å². The maximum Gasteiger partial charge on any atom is 0.290 e. The number of aromatic amines is 1. The topological polar surface area (TPSA) is 80.9 Å². The van der Waals surface area contributed by atoms with Crippen molar-refractivity contribution in [3.8, 4) is 5.69 Å². The van der Waals surface area contributed by atoms with E-state index in [1.54, 1.807) is 0 Å². The van der Waals surface area contributed by atoms with E-state index in [0.717, 1.165) is 16.8 Å². The second-order valence-corrected chi connectivity index (χ2v) is 3.66. The third-order valence-corrected chi connectivity index (χ3v) is 2.54. The molecule has 0 saturated heterocycles. The molecule has 1 aromatic carbocycles. The van der Waals surface area contributed by atoms with Crippen molar-refractivity contribution < 1.29 is 4.39 Å². The molecule has 0 saturated carbocycles. The maximum absolute atomic E-state index is 12.7. The highest BCUT2D eigenvalue weighted by Gasteiger charge is 2.10. The summed E-state index contributed by atoms with van der Waals surface area (Å²) in [7, 11) is 0. The second-order valence-electron chi connectivity index (χ2n) is 3.29. The predicted octanol–water partition coefficient (Wildman–Crippen LogP) is 0.900. The Morgan fingerprint density at radius 2 is 1.82 bits per heavy atom. The highest BCUT2D eigenvalue weighted by atomic mass is 35.5. The zero-order valence-corrected chi connectivity index (χ0v) is 9.16. The summed E-state index contributed by atoms with van der Waals surface area (Å²) in [4.78, 5) is 23.1. The molecule has 0 aliphatic carbocycles. The molecule has 2 aromatic rings. The Balaban J connectivity index is 2.73. The van der Waals surface area contributed by atoms with Crippen LogP contribution in [0.25, 0.3) is 5.69 Å². The standard InChI is InChI=1S/C10H7ClFN3O2/c11-7-8(13)9(16)14-15(10(7)17)6-3-1-5(12)2-4-6/h1-4H,13H2,(H,14,16). The minimum Gasteiger partial charge on any atom is -0.393 e. The van der Waals surface area contributed by atoms with Gasteiger partial charge >= 0.3 is 0 Å². The highest BCUT2D eigenvalue weighted by Crippen LogP contribution is 2.09. The minimum atomic E-state index is -0.682. The summed E-state index contributed by atoms with van der Waals surface area (Å²) in [5.41, 5.74) is 3.90. The summed E-state index contributed by atoms with van der Waals surface area (Å²) in [6, 6.07) is 4.98. The fourth-order valence-electron chi connectivity index (χ4n) is 1.30. The van der Waals surface area contributed by atoms with Crippen LogP contribution in [-0.4, -0.2) is 9.78 Å². The number of anilines is 1. The van der Waals surface area contributed by atoms with Gasteiger partial charge in [-0.1, -0.05) is 11.6 Å². The fraction of sp³-hybridized carbons (Fsp3) is 0. The van der Waals surface area contributed by atoms with Gasteiger partial charge in [-0.3, -0.25) is 14.7 Å². The lowest BCUT2D eigenvalue weighted by atomic mass is 10.3. The zero-order valence-electron chi connectivity index (χ0n) is 8.41. The average molecular weight is 256 g/mol. The predicted molar refractivity (Wildman–Crippen MR) is 62.0 cm³/mol. The number of rotatable bonds is 1. The quantitative estimate of drug-likeness (QED) is 0.794. The lowest BCUT2D eigenvalue weighted by molar-refractivity contribution is 0.626. The minimum absolute atomic E-state index is 0.287. The molecule has 0 aliphatic rings. The first-order valence-corrected chi connectivity index (χ1v) is 4.95. The van der Waals surface area contributed by atoms with Gasteiger partial charge in [0, 0.05) is 0 Å². The molecule has 88 valence electrons. The van der Waals surface area contributed by atoms with Crippen LogP contribution in [0.2, 0.25) is 5.02 Å². The van der Waals surface area contributed by atoms with Gasteiger partial charge in [-0.15, -0.1) is 0 Å². The lowest BCUT2D eigenvalue weighted by Crippen LogP contribution is -2.30. The summed E-state index contributed by atoms with van der Waals surface area (Å²) in [5, 5.41) is 1.87. The number of halogens is 2. The fourth-order valence-corrected chi connectivity index (χ4v) is 1.47. The molecule has 0 fully saturated rings. The SMILES string of the molecule is Nc1c(Cl)c(=O)n(-c2ccc(F)cc2)[nH]c1=O. The molecule has 0 aliphatic heterocycles. The van der Waals surface area contributed by atoms with Crippen molar-refractivity contribution >= 4 is 17.3 Å². The van der Waals surface area contributed by atoms with Crippen molar-refractivity contribution in [3.05, 3.63) is 55.8 Å². The number of hydrogen-bond acceptors (Lipinski definition) is 3. The van der Waals surface area contributed by atoms with Gasteiger partial charge in [0.2, 0.25) is 0 Å². The Morgan fingerprint density at radius 3 is 2.41 bits per heavy atom. The molecule has 1 aromatic heterocycles. The Morgan fingerprint density at radius 1 is 1.24 bits per heavy atom. The van der Waals surface area contributed by atoms with Crippen LogP contribution in [0.5, 0.6) is 0 Å². The van der Waals surface area contributed by atoms with Gasteiger partial charge in [0.15, 0.2) is 0 Å². The lowest BCUT2D eigenvalue weighted by Gasteiger charge is -2.06. The number of nitrogens with two attached hydrogens (primary N) is 1. The van der Waals surface area contributed by atoms with Gasteiger partial charge in [-0.2, -0.15) is 0 Å². The second kappa shape index (κ2) is 4.06. The monoisotopic (exact) mass is 255 g/mol. The summed E-state index contributed by atoms with van der Waals surface area (Å²) < 4.78 is 13.6. The van der Waals surface area contributed by atoms with E-state index in [1.165, 1.54) is 12.1 Å².